The highest BCUT2D eigenvalue weighted by molar-refractivity contribution is 7.92. The molecule has 0 aliphatic heterocycles. The maximum absolute atomic E-state index is 13.4. The van der Waals surface area contributed by atoms with E-state index in [0.29, 0.717) is 12.1 Å². The van der Waals surface area contributed by atoms with E-state index in [1.807, 2.05) is 57.2 Å². The van der Waals surface area contributed by atoms with Crippen LogP contribution in [0.2, 0.25) is 0 Å². The van der Waals surface area contributed by atoms with Crippen LogP contribution in [-0.2, 0) is 26.2 Å². The van der Waals surface area contributed by atoms with Crippen LogP contribution in [0.1, 0.15) is 30.0 Å². The molecule has 0 saturated carbocycles. The molecule has 0 bridgehead atoms. The Bertz CT molecular complexity index is 1020. The van der Waals surface area contributed by atoms with Crippen molar-refractivity contribution >= 4 is 27.5 Å². The lowest BCUT2D eigenvalue weighted by Crippen LogP contribution is -2.51. The highest BCUT2D eigenvalue weighted by Crippen LogP contribution is 2.22. The molecule has 0 saturated heterocycles. The average Bonchev–Trinajstić information content (AvgIpc) is 2.73. The summed E-state index contributed by atoms with van der Waals surface area (Å²) in [4.78, 5) is 27.3. The summed E-state index contributed by atoms with van der Waals surface area (Å²) in [7, 11) is -2.20. The van der Waals surface area contributed by atoms with Crippen LogP contribution in [0.25, 0.3) is 0 Å². The predicted molar refractivity (Wildman–Crippen MR) is 123 cm³/mol. The number of aryl methyl sites for hydroxylation is 2. The number of benzene rings is 2. The van der Waals surface area contributed by atoms with Crippen molar-refractivity contribution in [3.05, 3.63) is 65.2 Å². The molecule has 1 N–H and O–H groups in total. The minimum absolute atomic E-state index is 0.204. The molecule has 168 valence electrons. The van der Waals surface area contributed by atoms with Gasteiger partial charge in [-0.2, -0.15) is 0 Å². The molecule has 0 aliphatic carbocycles. The molecule has 1 atom stereocenters. The number of anilines is 1. The van der Waals surface area contributed by atoms with E-state index in [1.165, 1.54) is 11.9 Å². The number of carbonyl (C=O) groups is 2. The van der Waals surface area contributed by atoms with E-state index in [1.54, 1.807) is 12.1 Å². The molecule has 2 amide bonds. The van der Waals surface area contributed by atoms with Crippen molar-refractivity contribution in [2.75, 3.05) is 24.2 Å². The molecule has 2 aromatic carbocycles. The van der Waals surface area contributed by atoms with Gasteiger partial charge in [-0.1, -0.05) is 43.3 Å². The Morgan fingerprint density at radius 2 is 1.68 bits per heavy atom. The topological polar surface area (TPSA) is 86.8 Å². The number of amides is 2. The lowest BCUT2D eigenvalue weighted by atomic mass is 10.1. The van der Waals surface area contributed by atoms with Crippen molar-refractivity contribution < 1.29 is 18.0 Å². The van der Waals surface area contributed by atoms with E-state index < -0.39 is 22.0 Å². The Kier molecular flexibility index (Phi) is 8.21. The summed E-state index contributed by atoms with van der Waals surface area (Å²) in [6, 6.07) is 13.9. The largest absolute Gasteiger partial charge is 0.357 e. The van der Waals surface area contributed by atoms with Gasteiger partial charge in [0.05, 0.1) is 11.9 Å². The Morgan fingerprint density at radius 3 is 2.19 bits per heavy atom. The third-order valence-corrected chi connectivity index (χ3v) is 6.43. The van der Waals surface area contributed by atoms with Crippen molar-refractivity contribution in [2.24, 2.45) is 0 Å². The van der Waals surface area contributed by atoms with Crippen LogP contribution in [0, 0.1) is 13.8 Å². The van der Waals surface area contributed by atoms with Crippen LogP contribution in [-0.4, -0.2) is 51.0 Å². The van der Waals surface area contributed by atoms with Gasteiger partial charge in [-0.15, -0.1) is 0 Å². The zero-order valence-electron chi connectivity index (χ0n) is 18.8. The van der Waals surface area contributed by atoms with Gasteiger partial charge in [-0.25, -0.2) is 8.42 Å². The molecule has 2 aromatic rings. The Labute approximate surface area is 185 Å². The molecule has 2 rings (SSSR count). The quantitative estimate of drug-likeness (QED) is 0.643. The minimum atomic E-state index is -3.72. The van der Waals surface area contributed by atoms with Crippen LogP contribution in [0.4, 0.5) is 5.69 Å². The van der Waals surface area contributed by atoms with Gasteiger partial charge in [0.1, 0.15) is 12.6 Å². The van der Waals surface area contributed by atoms with Crippen molar-refractivity contribution in [1.82, 2.24) is 10.2 Å². The number of hydrogen-bond acceptors (Lipinski definition) is 4. The monoisotopic (exact) mass is 445 g/mol. The Balaban J connectivity index is 2.42. The first kappa shape index (κ1) is 24.4. The summed E-state index contributed by atoms with van der Waals surface area (Å²) in [5.74, 6) is -0.730. The van der Waals surface area contributed by atoms with Gasteiger partial charge in [0.2, 0.25) is 21.8 Å². The number of likely N-dealkylation sites (N-methyl/N-ethyl adjacent to an activating group) is 1. The third kappa shape index (κ3) is 6.30. The second kappa shape index (κ2) is 10.4. The lowest BCUT2D eigenvalue weighted by molar-refractivity contribution is -0.140. The van der Waals surface area contributed by atoms with Crippen LogP contribution in [0.15, 0.2) is 48.5 Å². The van der Waals surface area contributed by atoms with Crippen molar-refractivity contribution in [3.8, 4) is 0 Å². The summed E-state index contributed by atoms with van der Waals surface area (Å²) < 4.78 is 26.2. The van der Waals surface area contributed by atoms with E-state index in [0.717, 1.165) is 27.3 Å². The third-order valence-electron chi connectivity index (χ3n) is 5.29. The molecule has 1 unspecified atom stereocenters. The van der Waals surface area contributed by atoms with E-state index in [4.69, 9.17) is 0 Å². The molecule has 0 radical (unpaired) electrons. The van der Waals surface area contributed by atoms with E-state index >= 15 is 0 Å². The van der Waals surface area contributed by atoms with Crippen molar-refractivity contribution in [1.29, 1.82) is 0 Å². The summed E-state index contributed by atoms with van der Waals surface area (Å²) in [5, 5.41) is 2.60. The normalized spacial score (nSPS) is 12.2. The molecule has 0 spiro atoms. The highest BCUT2D eigenvalue weighted by atomic mass is 32.2. The Morgan fingerprint density at radius 1 is 1.03 bits per heavy atom. The fourth-order valence-corrected chi connectivity index (χ4v) is 4.20. The Hall–Kier alpha value is -2.87. The lowest BCUT2D eigenvalue weighted by Gasteiger charge is -2.32. The fourth-order valence-electron chi connectivity index (χ4n) is 3.36. The van der Waals surface area contributed by atoms with Gasteiger partial charge >= 0.3 is 0 Å². The van der Waals surface area contributed by atoms with Crippen molar-refractivity contribution in [2.45, 2.75) is 39.8 Å². The van der Waals surface area contributed by atoms with Crippen LogP contribution in [0.3, 0.4) is 0 Å². The number of sulfonamides is 1. The van der Waals surface area contributed by atoms with Crippen LogP contribution < -0.4 is 9.62 Å². The van der Waals surface area contributed by atoms with Crippen LogP contribution in [0.5, 0.6) is 0 Å². The van der Waals surface area contributed by atoms with Gasteiger partial charge in [0.15, 0.2) is 0 Å². The number of carbonyl (C=O) groups excluding carboxylic acids is 2. The molecule has 31 heavy (non-hydrogen) atoms. The first-order chi connectivity index (χ1) is 14.6. The molecule has 0 aromatic heterocycles. The van der Waals surface area contributed by atoms with Gasteiger partial charge in [0.25, 0.3) is 0 Å². The second-order valence-electron chi connectivity index (χ2n) is 7.58. The van der Waals surface area contributed by atoms with E-state index in [-0.39, 0.29) is 19.0 Å². The molecule has 0 heterocycles. The fraction of sp³-hybridized carbons (Fsp3) is 0.391. The summed E-state index contributed by atoms with van der Waals surface area (Å²) in [6.07, 6.45) is 1.48. The second-order valence-corrected chi connectivity index (χ2v) is 9.49. The average molecular weight is 446 g/mol. The summed E-state index contributed by atoms with van der Waals surface area (Å²) in [6.45, 7) is 5.47. The molecule has 0 fully saturated rings. The first-order valence-corrected chi connectivity index (χ1v) is 12.0. The summed E-state index contributed by atoms with van der Waals surface area (Å²) >= 11 is 0. The SMILES string of the molecule is CCC(C(=O)NC)N(Cc1ccccc1)C(=O)CN(c1ccc(C)c(C)c1)S(C)(=O)=O. The molecule has 7 nitrogen and oxygen atoms in total. The van der Waals surface area contributed by atoms with Gasteiger partial charge in [-0.3, -0.25) is 13.9 Å². The zero-order chi connectivity index (χ0) is 23.2. The van der Waals surface area contributed by atoms with Gasteiger partial charge in [-0.05, 0) is 49.1 Å². The first-order valence-electron chi connectivity index (χ1n) is 10.2. The molecule has 0 aliphatic rings. The van der Waals surface area contributed by atoms with E-state index in [9.17, 15) is 18.0 Å². The zero-order valence-corrected chi connectivity index (χ0v) is 19.6. The predicted octanol–water partition coefficient (Wildman–Crippen LogP) is 2.62. The number of nitrogens with zero attached hydrogens (tertiary/aromatic N) is 2. The number of hydrogen-bond donors (Lipinski definition) is 1. The van der Waals surface area contributed by atoms with E-state index in [2.05, 4.69) is 5.32 Å². The standard InChI is InChI=1S/C23H31N3O4S/c1-6-21(23(28)24-4)25(15-19-10-8-7-9-11-19)22(27)16-26(31(5,29)30)20-13-12-17(2)18(3)14-20/h7-14,21H,6,15-16H2,1-5H3,(H,24,28). The number of nitrogens with one attached hydrogen (secondary N) is 1. The number of rotatable bonds is 9. The van der Waals surface area contributed by atoms with Crippen molar-refractivity contribution in [3.63, 3.8) is 0 Å². The molecular formula is C23H31N3O4S. The van der Waals surface area contributed by atoms with Crippen LogP contribution >= 0.6 is 0 Å². The maximum Gasteiger partial charge on any atom is 0.244 e. The molecule has 8 heteroatoms. The van der Waals surface area contributed by atoms with Gasteiger partial charge in [0, 0.05) is 13.6 Å². The highest BCUT2D eigenvalue weighted by Gasteiger charge is 2.31. The summed E-state index contributed by atoms with van der Waals surface area (Å²) in [5.41, 5.74) is 3.23. The smallest absolute Gasteiger partial charge is 0.244 e. The minimum Gasteiger partial charge on any atom is -0.357 e. The maximum atomic E-state index is 13.4. The molecular weight excluding hydrogens is 414 g/mol. The van der Waals surface area contributed by atoms with Gasteiger partial charge < -0.3 is 10.2 Å².